The third-order valence-electron chi connectivity index (χ3n) is 5.36. The van der Waals surface area contributed by atoms with E-state index in [1.165, 1.54) is 22.2 Å². The second-order valence-electron chi connectivity index (χ2n) is 7.41. The van der Waals surface area contributed by atoms with Crippen LogP contribution in [-0.4, -0.2) is 4.57 Å². The zero-order valence-corrected chi connectivity index (χ0v) is 16.6. The van der Waals surface area contributed by atoms with Crippen molar-refractivity contribution in [3.8, 4) is 12.1 Å². The van der Waals surface area contributed by atoms with Gasteiger partial charge in [0.1, 0.15) is 13.1 Å². The lowest BCUT2D eigenvalue weighted by Crippen LogP contribution is -2.33. The number of imidazole rings is 1. The van der Waals surface area contributed by atoms with Crippen LogP contribution in [-0.2, 0) is 13.1 Å². The van der Waals surface area contributed by atoms with Gasteiger partial charge in [-0.2, -0.15) is 10.5 Å². The van der Waals surface area contributed by atoms with Crippen molar-refractivity contribution in [2.45, 2.75) is 26.9 Å². The number of nitrogens with zero attached hydrogens (tertiary/aromatic N) is 4. The van der Waals surface area contributed by atoms with Gasteiger partial charge in [0.2, 0.25) is 6.33 Å². The summed E-state index contributed by atoms with van der Waals surface area (Å²) in [6, 6.07) is 24.3. The standard InChI is InChI=1S/C25H21N4/c1-18-11-24-25(12-19(18)2)29(16-23-9-5-21(14-27)6-10-23)17-28(24)15-22-7-3-20(13-26)4-8-22/h3-12,17H,15-16H2,1-2H3/q+1. The average molecular weight is 377 g/mol. The van der Waals surface area contributed by atoms with Crippen molar-refractivity contribution in [2.24, 2.45) is 0 Å². The van der Waals surface area contributed by atoms with E-state index in [4.69, 9.17) is 10.5 Å². The quantitative estimate of drug-likeness (QED) is 0.496. The molecule has 0 aliphatic carbocycles. The van der Waals surface area contributed by atoms with Gasteiger partial charge in [-0.15, -0.1) is 0 Å². The fourth-order valence-corrected chi connectivity index (χ4v) is 3.55. The molecule has 4 nitrogen and oxygen atoms in total. The van der Waals surface area contributed by atoms with Crippen molar-refractivity contribution >= 4 is 11.0 Å². The SMILES string of the molecule is Cc1cc2c(cc1C)[n+](Cc1ccc(C#N)cc1)cn2Cc1ccc(C#N)cc1. The molecule has 29 heavy (non-hydrogen) atoms. The smallest absolute Gasteiger partial charge is 0.226 e. The van der Waals surface area contributed by atoms with Crippen molar-refractivity contribution in [1.29, 1.82) is 10.5 Å². The highest BCUT2D eigenvalue weighted by Gasteiger charge is 2.18. The van der Waals surface area contributed by atoms with E-state index in [9.17, 15) is 0 Å². The van der Waals surface area contributed by atoms with Crippen molar-refractivity contribution in [3.63, 3.8) is 0 Å². The third kappa shape index (κ3) is 3.74. The summed E-state index contributed by atoms with van der Waals surface area (Å²) in [5.74, 6) is 0. The summed E-state index contributed by atoms with van der Waals surface area (Å²) in [5.41, 5.74) is 8.57. The second kappa shape index (κ2) is 7.62. The number of benzene rings is 3. The number of hydrogen-bond acceptors (Lipinski definition) is 2. The van der Waals surface area contributed by atoms with Gasteiger partial charge in [-0.05, 0) is 72.5 Å². The van der Waals surface area contributed by atoms with Crippen LogP contribution in [0.3, 0.4) is 0 Å². The maximum atomic E-state index is 9.02. The normalized spacial score (nSPS) is 10.6. The molecule has 0 saturated carbocycles. The Morgan fingerprint density at radius 1 is 0.793 bits per heavy atom. The first-order valence-corrected chi connectivity index (χ1v) is 9.55. The minimum Gasteiger partial charge on any atom is -0.226 e. The van der Waals surface area contributed by atoms with Crippen LogP contribution in [0.5, 0.6) is 0 Å². The van der Waals surface area contributed by atoms with Gasteiger partial charge in [-0.3, -0.25) is 0 Å². The molecule has 4 rings (SSSR count). The highest BCUT2D eigenvalue weighted by Crippen LogP contribution is 2.19. The number of aryl methyl sites for hydroxylation is 2. The molecule has 0 aliphatic heterocycles. The van der Waals surface area contributed by atoms with E-state index in [0.717, 1.165) is 24.2 Å². The van der Waals surface area contributed by atoms with Crippen LogP contribution in [0.2, 0.25) is 0 Å². The van der Waals surface area contributed by atoms with Crippen molar-refractivity contribution < 1.29 is 4.57 Å². The van der Waals surface area contributed by atoms with Gasteiger partial charge in [-0.1, -0.05) is 24.3 Å². The van der Waals surface area contributed by atoms with E-state index in [2.05, 4.69) is 53.6 Å². The van der Waals surface area contributed by atoms with Gasteiger partial charge >= 0.3 is 0 Å². The summed E-state index contributed by atoms with van der Waals surface area (Å²) in [4.78, 5) is 0. The molecule has 0 bridgehead atoms. The number of aromatic nitrogens is 2. The Morgan fingerprint density at radius 2 is 1.34 bits per heavy atom. The minimum absolute atomic E-state index is 0.675. The highest BCUT2D eigenvalue weighted by molar-refractivity contribution is 5.74. The van der Waals surface area contributed by atoms with E-state index in [1.807, 2.05) is 48.5 Å². The van der Waals surface area contributed by atoms with Crippen molar-refractivity contribution in [1.82, 2.24) is 4.57 Å². The maximum absolute atomic E-state index is 9.02. The number of nitriles is 2. The van der Waals surface area contributed by atoms with Crippen LogP contribution in [0, 0.1) is 36.5 Å². The molecule has 3 aromatic carbocycles. The Balaban J connectivity index is 1.74. The molecule has 0 fully saturated rings. The zero-order valence-electron chi connectivity index (χ0n) is 16.6. The molecule has 4 aromatic rings. The first-order valence-electron chi connectivity index (χ1n) is 9.55. The molecule has 140 valence electrons. The summed E-state index contributed by atoms with van der Waals surface area (Å²) in [7, 11) is 0. The van der Waals surface area contributed by atoms with Crippen LogP contribution in [0.4, 0.5) is 0 Å². The fourth-order valence-electron chi connectivity index (χ4n) is 3.55. The summed E-state index contributed by atoms with van der Waals surface area (Å²) in [5, 5.41) is 18.0. The summed E-state index contributed by atoms with van der Waals surface area (Å²) in [6.07, 6.45) is 2.15. The molecule has 0 unspecified atom stereocenters. The van der Waals surface area contributed by atoms with Gasteiger partial charge in [0, 0.05) is 0 Å². The van der Waals surface area contributed by atoms with Crippen LogP contribution in [0.1, 0.15) is 33.4 Å². The molecule has 1 aromatic heterocycles. The van der Waals surface area contributed by atoms with E-state index < -0.39 is 0 Å². The average Bonchev–Trinajstić information content (AvgIpc) is 3.05. The first-order chi connectivity index (χ1) is 14.1. The molecule has 0 spiro atoms. The monoisotopic (exact) mass is 377 g/mol. The molecule has 1 heterocycles. The summed E-state index contributed by atoms with van der Waals surface area (Å²) >= 11 is 0. The second-order valence-corrected chi connectivity index (χ2v) is 7.41. The fraction of sp³-hybridized carbons (Fsp3) is 0.160. The zero-order chi connectivity index (χ0) is 20.4. The predicted octanol–water partition coefficient (Wildman–Crippen LogP) is 4.39. The number of hydrogen-bond donors (Lipinski definition) is 0. The van der Waals surface area contributed by atoms with Gasteiger partial charge in [0.05, 0.1) is 23.3 Å². The lowest BCUT2D eigenvalue weighted by Gasteiger charge is -2.02. The summed E-state index contributed by atoms with van der Waals surface area (Å²) in [6.45, 7) is 5.76. The Labute approximate surface area is 170 Å². The van der Waals surface area contributed by atoms with Crippen LogP contribution >= 0.6 is 0 Å². The Kier molecular flexibility index (Phi) is 4.85. The lowest BCUT2D eigenvalue weighted by molar-refractivity contribution is -0.663. The topological polar surface area (TPSA) is 56.4 Å². The van der Waals surface area contributed by atoms with Crippen LogP contribution in [0.25, 0.3) is 11.0 Å². The molecule has 0 aliphatic rings. The largest absolute Gasteiger partial charge is 0.245 e. The molecule has 0 atom stereocenters. The van der Waals surface area contributed by atoms with Crippen LogP contribution < -0.4 is 4.57 Å². The third-order valence-corrected chi connectivity index (χ3v) is 5.36. The maximum Gasteiger partial charge on any atom is 0.245 e. The molecule has 0 saturated heterocycles. The first kappa shape index (κ1) is 18.5. The predicted molar refractivity (Wildman–Crippen MR) is 112 cm³/mol. The van der Waals surface area contributed by atoms with Gasteiger partial charge in [0.25, 0.3) is 0 Å². The molecule has 0 radical (unpaired) electrons. The van der Waals surface area contributed by atoms with E-state index in [-0.39, 0.29) is 0 Å². The van der Waals surface area contributed by atoms with Gasteiger partial charge in [0.15, 0.2) is 11.0 Å². The van der Waals surface area contributed by atoms with E-state index in [0.29, 0.717) is 11.1 Å². The van der Waals surface area contributed by atoms with Crippen molar-refractivity contribution in [2.75, 3.05) is 0 Å². The number of fused-ring (bicyclic) bond motifs is 1. The van der Waals surface area contributed by atoms with Crippen molar-refractivity contribution in [3.05, 3.63) is 100 Å². The molecule has 0 N–H and O–H groups in total. The molecule has 4 heteroatoms. The van der Waals surface area contributed by atoms with E-state index in [1.54, 1.807) is 0 Å². The minimum atomic E-state index is 0.675. The molecular weight excluding hydrogens is 356 g/mol. The van der Waals surface area contributed by atoms with E-state index >= 15 is 0 Å². The van der Waals surface area contributed by atoms with Crippen LogP contribution in [0.15, 0.2) is 67.0 Å². The Bertz CT molecular complexity index is 1160. The Morgan fingerprint density at radius 3 is 1.93 bits per heavy atom. The Hall–Kier alpha value is -3.89. The molecular formula is C25H21N4+. The number of rotatable bonds is 4. The van der Waals surface area contributed by atoms with Gasteiger partial charge in [-0.25, -0.2) is 9.13 Å². The lowest BCUT2D eigenvalue weighted by atomic mass is 10.1. The molecule has 0 amide bonds. The summed E-state index contributed by atoms with van der Waals surface area (Å²) < 4.78 is 4.51. The highest BCUT2D eigenvalue weighted by atomic mass is 15.1. The van der Waals surface area contributed by atoms with Gasteiger partial charge < -0.3 is 0 Å².